The van der Waals surface area contributed by atoms with Crippen LogP contribution in [-0.4, -0.2) is 41.8 Å². The average molecular weight is 335 g/mol. The molecular weight excluding hydrogens is 320 g/mol. The van der Waals surface area contributed by atoms with Gasteiger partial charge >= 0.3 is 0 Å². The van der Waals surface area contributed by atoms with Crippen LogP contribution < -0.4 is 9.62 Å². The van der Waals surface area contributed by atoms with E-state index in [0.29, 0.717) is 13.2 Å². The number of morpholine rings is 1. The predicted molar refractivity (Wildman–Crippen MR) is 73.4 cm³/mol. The molecule has 1 aliphatic heterocycles. The number of rotatable bonds is 3. The average Bonchev–Trinajstić information content (AvgIpc) is 2.39. The minimum atomic E-state index is -3.39. The molecule has 1 aliphatic rings. The fourth-order valence-electron chi connectivity index (χ4n) is 1.83. The van der Waals surface area contributed by atoms with E-state index in [1.54, 1.807) is 12.1 Å². The van der Waals surface area contributed by atoms with Crippen molar-refractivity contribution in [2.75, 3.05) is 38.3 Å². The molecule has 1 aromatic rings. The highest BCUT2D eigenvalue weighted by atomic mass is 79.9. The van der Waals surface area contributed by atoms with E-state index in [-0.39, 0.29) is 4.90 Å². The van der Waals surface area contributed by atoms with Crippen molar-refractivity contribution in [2.45, 2.75) is 4.90 Å². The number of hydrogen-bond acceptors (Lipinski definition) is 4. The van der Waals surface area contributed by atoms with Gasteiger partial charge in [-0.1, -0.05) is 0 Å². The molecule has 0 aromatic heterocycles. The zero-order valence-corrected chi connectivity index (χ0v) is 12.4. The Morgan fingerprint density at radius 1 is 1.33 bits per heavy atom. The Morgan fingerprint density at radius 2 is 2.00 bits per heavy atom. The summed E-state index contributed by atoms with van der Waals surface area (Å²) in [5.41, 5.74) is 0.994. The van der Waals surface area contributed by atoms with E-state index in [0.717, 1.165) is 23.2 Å². The summed E-state index contributed by atoms with van der Waals surface area (Å²) < 4.78 is 31.7. The summed E-state index contributed by atoms with van der Waals surface area (Å²) in [6.45, 7) is 3.03. The van der Waals surface area contributed by atoms with Crippen LogP contribution in [0.3, 0.4) is 0 Å². The lowest BCUT2D eigenvalue weighted by Crippen LogP contribution is -2.36. The third-order valence-electron chi connectivity index (χ3n) is 2.85. The molecule has 1 saturated heterocycles. The monoisotopic (exact) mass is 334 g/mol. The number of nitrogens with zero attached hydrogens (tertiary/aromatic N) is 1. The standard InChI is InChI=1S/C11H15BrN2O3S/c1-13-18(15,16)9-2-3-11(10(12)8-9)14-4-6-17-7-5-14/h2-3,8,13H,4-7H2,1H3. The zero-order valence-electron chi connectivity index (χ0n) is 10.0. The van der Waals surface area contributed by atoms with E-state index in [4.69, 9.17) is 4.74 Å². The lowest BCUT2D eigenvalue weighted by Gasteiger charge is -2.29. The number of halogens is 1. The van der Waals surface area contributed by atoms with Crippen molar-refractivity contribution in [3.8, 4) is 0 Å². The molecule has 100 valence electrons. The third kappa shape index (κ3) is 2.85. The molecule has 0 unspecified atom stereocenters. The Hall–Kier alpha value is -0.630. The predicted octanol–water partition coefficient (Wildman–Crippen LogP) is 1.19. The summed E-state index contributed by atoms with van der Waals surface area (Å²) in [6, 6.07) is 5.05. The Bertz CT molecular complexity index is 527. The summed E-state index contributed by atoms with van der Waals surface area (Å²) in [5.74, 6) is 0. The Kier molecular flexibility index (Phi) is 4.26. The maximum atomic E-state index is 11.7. The number of benzene rings is 1. The highest BCUT2D eigenvalue weighted by molar-refractivity contribution is 9.10. The van der Waals surface area contributed by atoms with Crippen LogP contribution in [-0.2, 0) is 14.8 Å². The molecular formula is C11H15BrN2O3S. The summed E-state index contributed by atoms with van der Waals surface area (Å²) >= 11 is 3.43. The van der Waals surface area contributed by atoms with Crippen molar-refractivity contribution in [1.82, 2.24) is 4.72 Å². The van der Waals surface area contributed by atoms with E-state index in [9.17, 15) is 8.42 Å². The fraction of sp³-hybridized carbons (Fsp3) is 0.455. The number of anilines is 1. The molecule has 1 fully saturated rings. The first kappa shape index (κ1) is 13.8. The maximum absolute atomic E-state index is 11.7. The van der Waals surface area contributed by atoms with Crippen LogP contribution in [0.2, 0.25) is 0 Å². The molecule has 1 N–H and O–H groups in total. The molecule has 2 rings (SSSR count). The highest BCUT2D eigenvalue weighted by Crippen LogP contribution is 2.29. The largest absolute Gasteiger partial charge is 0.378 e. The van der Waals surface area contributed by atoms with E-state index in [1.165, 1.54) is 7.05 Å². The smallest absolute Gasteiger partial charge is 0.240 e. The van der Waals surface area contributed by atoms with Crippen LogP contribution in [0.25, 0.3) is 0 Å². The number of hydrogen-bond donors (Lipinski definition) is 1. The number of ether oxygens (including phenoxy) is 1. The molecule has 0 amide bonds. The first-order valence-corrected chi connectivity index (χ1v) is 7.88. The van der Waals surface area contributed by atoms with Crippen LogP contribution in [0, 0.1) is 0 Å². The Morgan fingerprint density at radius 3 is 2.56 bits per heavy atom. The molecule has 0 atom stereocenters. The molecule has 1 aromatic carbocycles. The number of sulfonamides is 1. The van der Waals surface area contributed by atoms with Crippen molar-refractivity contribution in [2.24, 2.45) is 0 Å². The van der Waals surface area contributed by atoms with Gasteiger partial charge in [0.15, 0.2) is 0 Å². The van der Waals surface area contributed by atoms with Gasteiger partial charge < -0.3 is 9.64 Å². The van der Waals surface area contributed by atoms with Gasteiger partial charge in [0.05, 0.1) is 23.8 Å². The summed E-state index contributed by atoms with van der Waals surface area (Å²) in [4.78, 5) is 2.43. The van der Waals surface area contributed by atoms with Gasteiger partial charge in [0, 0.05) is 17.6 Å². The van der Waals surface area contributed by atoms with E-state index < -0.39 is 10.0 Å². The lowest BCUT2D eigenvalue weighted by molar-refractivity contribution is 0.122. The maximum Gasteiger partial charge on any atom is 0.240 e. The minimum Gasteiger partial charge on any atom is -0.378 e. The van der Waals surface area contributed by atoms with Gasteiger partial charge in [0.25, 0.3) is 0 Å². The van der Waals surface area contributed by atoms with Crippen molar-refractivity contribution in [3.05, 3.63) is 22.7 Å². The van der Waals surface area contributed by atoms with E-state index >= 15 is 0 Å². The molecule has 7 heteroatoms. The third-order valence-corrected chi connectivity index (χ3v) is 4.90. The highest BCUT2D eigenvalue weighted by Gasteiger charge is 2.17. The molecule has 0 bridgehead atoms. The van der Waals surface area contributed by atoms with E-state index in [1.807, 2.05) is 6.07 Å². The Labute approximate surface area is 115 Å². The van der Waals surface area contributed by atoms with Crippen molar-refractivity contribution in [1.29, 1.82) is 0 Å². The fourth-order valence-corrected chi connectivity index (χ4v) is 3.37. The quantitative estimate of drug-likeness (QED) is 0.902. The summed E-state index contributed by atoms with van der Waals surface area (Å²) in [7, 11) is -1.99. The second-order valence-electron chi connectivity index (χ2n) is 3.92. The van der Waals surface area contributed by atoms with Crippen LogP contribution in [0.5, 0.6) is 0 Å². The first-order valence-electron chi connectivity index (χ1n) is 5.60. The molecule has 0 radical (unpaired) electrons. The van der Waals surface area contributed by atoms with Crippen LogP contribution in [0.15, 0.2) is 27.6 Å². The molecule has 0 spiro atoms. The molecule has 0 aliphatic carbocycles. The van der Waals surface area contributed by atoms with Gasteiger partial charge in [-0.15, -0.1) is 0 Å². The normalized spacial score (nSPS) is 16.9. The zero-order chi connectivity index (χ0) is 13.2. The molecule has 1 heterocycles. The van der Waals surface area contributed by atoms with Gasteiger partial charge in [-0.2, -0.15) is 0 Å². The van der Waals surface area contributed by atoms with Crippen LogP contribution in [0.1, 0.15) is 0 Å². The van der Waals surface area contributed by atoms with Gasteiger partial charge in [-0.05, 0) is 41.2 Å². The van der Waals surface area contributed by atoms with Crippen LogP contribution >= 0.6 is 15.9 Å². The van der Waals surface area contributed by atoms with Gasteiger partial charge in [0.2, 0.25) is 10.0 Å². The number of nitrogens with one attached hydrogen (secondary N) is 1. The summed E-state index contributed by atoms with van der Waals surface area (Å²) in [5, 5.41) is 0. The SMILES string of the molecule is CNS(=O)(=O)c1ccc(N2CCOCC2)c(Br)c1. The van der Waals surface area contributed by atoms with E-state index in [2.05, 4.69) is 25.6 Å². The first-order chi connectivity index (χ1) is 8.54. The van der Waals surface area contributed by atoms with Crippen molar-refractivity contribution in [3.63, 3.8) is 0 Å². The topological polar surface area (TPSA) is 58.6 Å². The van der Waals surface area contributed by atoms with Gasteiger partial charge in [0.1, 0.15) is 0 Å². The lowest BCUT2D eigenvalue weighted by atomic mass is 10.2. The van der Waals surface area contributed by atoms with Crippen molar-refractivity contribution >= 4 is 31.6 Å². The Balaban J connectivity index is 2.30. The second-order valence-corrected chi connectivity index (χ2v) is 6.66. The molecule has 18 heavy (non-hydrogen) atoms. The van der Waals surface area contributed by atoms with Gasteiger partial charge in [-0.3, -0.25) is 0 Å². The molecule has 5 nitrogen and oxygen atoms in total. The minimum absolute atomic E-state index is 0.258. The second kappa shape index (κ2) is 5.56. The van der Waals surface area contributed by atoms with Crippen LogP contribution in [0.4, 0.5) is 5.69 Å². The van der Waals surface area contributed by atoms with Gasteiger partial charge in [-0.25, -0.2) is 13.1 Å². The summed E-state index contributed by atoms with van der Waals surface area (Å²) in [6.07, 6.45) is 0. The molecule has 0 saturated carbocycles. The van der Waals surface area contributed by atoms with Crippen molar-refractivity contribution < 1.29 is 13.2 Å².